The number of rotatable bonds is 6. The number of nitro benzene ring substituents is 1. The van der Waals surface area contributed by atoms with Crippen LogP contribution in [0, 0.1) is 21.4 Å². The normalized spacial score (nSPS) is 12.6. The van der Waals surface area contributed by atoms with E-state index >= 15 is 0 Å². The van der Waals surface area contributed by atoms with Crippen LogP contribution in [-0.4, -0.2) is 19.4 Å². The van der Waals surface area contributed by atoms with Crippen molar-refractivity contribution in [2.45, 2.75) is 30.7 Å². The first-order valence-electron chi connectivity index (χ1n) is 5.57. The Morgan fingerprint density at radius 3 is 2.74 bits per heavy atom. The van der Waals surface area contributed by atoms with Gasteiger partial charge in [-0.1, -0.05) is 19.4 Å². The third-order valence-corrected chi connectivity index (χ3v) is 3.84. The monoisotopic (exact) mass is 283 g/mol. The first-order chi connectivity index (χ1) is 8.90. The summed E-state index contributed by atoms with van der Waals surface area (Å²) >= 11 is 0. The fourth-order valence-electron chi connectivity index (χ4n) is 1.46. The molecular weight excluding hydrogens is 270 g/mol. The summed E-state index contributed by atoms with van der Waals surface area (Å²) in [5.74, 6) is 0. The molecule has 0 heterocycles. The first-order valence-corrected chi connectivity index (χ1v) is 7.05. The highest BCUT2D eigenvalue weighted by Crippen LogP contribution is 2.17. The second-order valence-corrected chi connectivity index (χ2v) is 5.56. The standard InChI is InChI=1S/C11H13N3O4S/c1-2-4-9(8-12)13-19(17,18)11-6-3-5-10(7-11)14(15)16/h3,5-7,9,13H,2,4H2,1H3. The molecule has 0 fully saturated rings. The zero-order valence-corrected chi connectivity index (χ0v) is 11.1. The highest BCUT2D eigenvalue weighted by Gasteiger charge is 2.21. The van der Waals surface area contributed by atoms with Crippen LogP contribution < -0.4 is 4.72 Å². The molecular formula is C11H13N3O4S. The number of hydrogen-bond donors (Lipinski definition) is 1. The van der Waals surface area contributed by atoms with Crippen LogP contribution in [0.15, 0.2) is 29.2 Å². The van der Waals surface area contributed by atoms with Gasteiger partial charge < -0.3 is 0 Å². The average Bonchev–Trinajstić information content (AvgIpc) is 2.38. The molecule has 0 saturated carbocycles. The molecule has 19 heavy (non-hydrogen) atoms. The quantitative estimate of drug-likeness (QED) is 0.628. The molecule has 0 aliphatic rings. The van der Waals surface area contributed by atoms with Gasteiger partial charge in [-0.3, -0.25) is 10.1 Å². The summed E-state index contributed by atoms with van der Waals surface area (Å²) < 4.78 is 26.1. The molecule has 1 N–H and O–H groups in total. The molecule has 102 valence electrons. The van der Waals surface area contributed by atoms with E-state index in [-0.39, 0.29) is 10.6 Å². The number of benzene rings is 1. The van der Waals surface area contributed by atoms with Crippen molar-refractivity contribution in [3.63, 3.8) is 0 Å². The predicted octanol–water partition coefficient (Wildman–Crippen LogP) is 1.57. The highest BCUT2D eigenvalue weighted by molar-refractivity contribution is 7.89. The highest BCUT2D eigenvalue weighted by atomic mass is 32.2. The van der Waals surface area contributed by atoms with Gasteiger partial charge in [-0.25, -0.2) is 8.42 Å². The molecule has 1 atom stereocenters. The Bertz CT molecular complexity index is 607. The van der Waals surface area contributed by atoms with E-state index in [0.717, 1.165) is 6.07 Å². The van der Waals surface area contributed by atoms with Gasteiger partial charge in [0.25, 0.3) is 5.69 Å². The molecule has 0 aliphatic heterocycles. The van der Waals surface area contributed by atoms with E-state index in [1.54, 1.807) is 0 Å². The summed E-state index contributed by atoms with van der Waals surface area (Å²) in [4.78, 5) is 9.70. The topological polar surface area (TPSA) is 113 Å². The van der Waals surface area contributed by atoms with Crippen LogP contribution in [-0.2, 0) is 10.0 Å². The van der Waals surface area contributed by atoms with E-state index in [9.17, 15) is 18.5 Å². The Labute approximate surface area is 111 Å². The molecule has 8 heteroatoms. The molecule has 0 spiro atoms. The molecule has 0 amide bonds. The molecule has 0 aromatic heterocycles. The number of non-ortho nitro benzene ring substituents is 1. The van der Waals surface area contributed by atoms with Crippen LogP contribution in [0.4, 0.5) is 5.69 Å². The van der Waals surface area contributed by atoms with Gasteiger partial charge in [0.05, 0.1) is 15.9 Å². The fraction of sp³-hybridized carbons (Fsp3) is 0.364. The van der Waals surface area contributed by atoms with Crippen molar-refractivity contribution in [1.29, 1.82) is 5.26 Å². The number of nitrogens with zero attached hydrogens (tertiary/aromatic N) is 2. The smallest absolute Gasteiger partial charge is 0.258 e. The van der Waals surface area contributed by atoms with Gasteiger partial charge >= 0.3 is 0 Å². The summed E-state index contributed by atoms with van der Waals surface area (Å²) in [5, 5.41) is 19.4. The van der Waals surface area contributed by atoms with Gasteiger partial charge in [0.1, 0.15) is 6.04 Å². The van der Waals surface area contributed by atoms with Crippen molar-refractivity contribution in [2.75, 3.05) is 0 Å². The number of nitriles is 1. The zero-order valence-electron chi connectivity index (χ0n) is 10.2. The van der Waals surface area contributed by atoms with Crippen LogP contribution in [0.2, 0.25) is 0 Å². The van der Waals surface area contributed by atoms with E-state index in [0.29, 0.717) is 12.8 Å². The molecule has 0 aliphatic carbocycles. The van der Waals surface area contributed by atoms with Gasteiger partial charge in [0.15, 0.2) is 0 Å². The molecule has 0 saturated heterocycles. The van der Waals surface area contributed by atoms with Crippen LogP contribution in [0.5, 0.6) is 0 Å². The molecule has 0 radical (unpaired) electrons. The van der Waals surface area contributed by atoms with Gasteiger partial charge in [-0.05, 0) is 12.5 Å². The van der Waals surface area contributed by atoms with Gasteiger partial charge in [-0.15, -0.1) is 0 Å². The summed E-state index contributed by atoms with van der Waals surface area (Å²) in [6.45, 7) is 1.83. The van der Waals surface area contributed by atoms with Crippen LogP contribution in [0.25, 0.3) is 0 Å². The SMILES string of the molecule is CCCC(C#N)NS(=O)(=O)c1cccc([N+](=O)[O-])c1. The summed E-state index contributed by atoms with van der Waals surface area (Å²) in [7, 11) is -3.93. The zero-order chi connectivity index (χ0) is 14.5. The lowest BCUT2D eigenvalue weighted by Crippen LogP contribution is -2.33. The van der Waals surface area contributed by atoms with Crippen LogP contribution in [0.1, 0.15) is 19.8 Å². The lowest BCUT2D eigenvalue weighted by Gasteiger charge is -2.10. The Morgan fingerprint density at radius 2 is 2.21 bits per heavy atom. The maximum Gasteiger partial charge on any atom is 0.270 e. The average molecular weight is 283 g/mol. The van der Waals surface area contributed by atoms with E-state index < -0.39 is 21.0 Å². The van der Waals surface area contributed by atoms with Crippen molar-refractivity contribution < 1.29 is 13.3 Å². The van der Waals surface area contributed by atoms with E-state index in [1.807, 2.05) is 13.0 Å². The largest absolute Gasteiger partial charge is 0.270 e. The number of nitro groups is 1. The van der Waals surface area contributed by atoms with Gasteiger partial charge in [-0.2, -0.15) is 9.98 Å². The Morgan fingerprint density at radius 1 is 1.53 bits per heavy atom. The number of nitrogens with one attached hydrogen (secondary N) is 1. The second-order valence-electron chi connectivity index (χ2n) is 3.85. The molecule has 7 nitrogen and oxygen atoms in total. The summed E-state index contributed by atoms with van der Waals surface area (Å²) in [6.07, 6.45) is 1.03. The molecule has 0 bridgehead atoms. The summed E-state index contributed by atoms with van der Waals surface area (Å²) in [5.41, 5.74) is -0.313. The van der Waals surface area contributed by atoms with Crippen molar-refractivity contribution >= 4 is 15.7 Å². The van der Waals surface area contributed by atoms with Crippen LogP contribution in [0.3, 0.4) is 0 Å². The van der Waals surface area contributed by atoms with Crippen molar-refractivity contribution in [2.24, 2.45) is 0 Å². The van der Waals surface area contributed by atoms with Gasteiger partial charge in [0, 0.05) is 12.1 Å². The van der Waals surface area contributed by atoms with Crippen molar-refractivity contribution in [3.05, 3.63) is 34.4 Å². The lowest BCUT2D eigenvalue weighted by atomic mass is 10.2. The minimum atomic E-state index is -3.93. The molecule has 1 aromatic rings. The molecule has 1 rings (SSSR count). The maximum absolute atomic E-state index is 12.0. The minimum absolute atomic E-state index is 0.224. The third-order valence-electron chi connectivity index (χ3n) is 2.37. The fourth-order valence-corrected chi connectivity index (χ4v) is 2.67. The molecule has 1 aromatic carbocycles. The van der Waals surface area contributed by atoms with E-state index in [1.165, 1.54) is 18.2 Å². The second kappa shape index (κ2) is 6.26. The minimum Gasteiger partial charge on any atom is -0.258 e. The number of sulfonamides is 1. The van der Waals surface area contributed by atoms with E-state index in [4.69, 9.17) is 5.26 Å². The Balaban J connectivity index is 3.04. The number of hydrogen-bond acceptors (Lipinski definition) is 5. The van der Waals surface area contributed by atoms with E-state index in [2.05, 4.69) is 4.72 Å². The molecule has 1 unspecified atom stereocenters. The summed E-state index contributed by atoms with van der Waals surface area (Å²) in [6, 6.07) is 5.70. The Hall–Kier alpha value is -1.98. The van der Waals surface area contributed by atoms with Gasteiger partial charge in [0.2, 0.25) is 10.0 Å². The van der Waals surface area contributed by atoms with Crippen molar-refractivity contribution in [3.8, 4) is 6.07 Å². The Kier molecular flexibility index (Phi) is 4.97. The van der Waals surface area contributed by atoms with Crippen LogP contribution >= 0.6 is 0 Å². The third kappa shape index (κ3) is 4.01. The van der Waals surface area contributed by atoms with Crippen molar-refractivity contribution in [1.82, 2.24) is 4.72 Å². The first kappa shape index (κ1) is 15.1. The lowest BCUT2D eigenvalue weighted by molar-refractivity contribution is -0.385. The maximum atomic E-state index is 12.0. The predicted molar refractivity (Wildman–Crippen MR) is 67.7 cm³/mol.